The molecule has 0 atom stereocenters. The second kappa shape index (κ2) is 5.88. The summed E-state index contributed by atoms with van der Waals surface area (Å²) in [6, 6.07) is 5.79. The summed E-state index contributed by atoms with van der Waals surface area (Å²) in [5.74, 6) is 0.695. The second-order valence-corrected chi connectivity index (χ2v) is 6.39. The normalized spacial score (nSPS) is 14.5. The van der Waals surface area contributed by atoms with Gasteiger partial charge in [-0.3, -0.25) is 4.98 Å². The van der Waals surface area contributed by atoms with Crippen LogP contribution in [0.5, 0.6) is 0 Å². The van der Waals surface area contributed by atoms with Gasteiger partial charge in [-0.2, -0.15) is 5.11 Å². The molecule has 0 bridgehead atoms. The van der Waals surface area contributed by atoms with Crippen molar-refractivity contribution in [1.29, 1.82) is 0 Å². The molecular weight excluding hydrogens is 294 g/mol. The maximum Gasteiger partial charge on any atom is 0.186 e. The largest absolute Gasteiger partial charge is 0.259 e. The van der Waals surface area contributed by atoms with E-state index >= 15 is 0 Å². The van der Waals surface area contributed by atoms with Crippen LogP contribution < -0.4 is 0 Å². The summed E-state index contributed by atoms with van der Waals surface area (Å²) in [5.41, 5.74) is 2.29. The number of aryl methyl sites for hydroxylation is 2. The number of azo groups is 1. The van der Waals surface area contributed by atoms with Gasteiger partial charge in [0.05, 0.1) is 11.1 Å². The lowest BCUT2D eigenvalue weighted by atomic mass is 9.97. The molecule has 1 aliphatic rings. The van der Waals surface area contributed by atoms with Gasteiger partial charge < -0.3 is 0 Å². The lowest BCUT2D eigenvalue weighted by molar-refractivity contribution is 0.700. The molecule has 0 N–H and O–H groups in total. The Kier molecular flexibility index (Phi) is 3.60. The van der Waals surface area contributed by atoms with Crippen molar-refractivity contribution < 1.29 is 0 Å². The molecule has 0 amide bonds. The zero-order valence-corrected chi connectivity index (χ0v) is 12.9. The molecule has 4 rings (SSSR count). The number of pyridine rings is 1. The first kappa shape index (κ1) is 13.5. The molecule has 0 aromatic carbocycles. The van der Waals surface area contributed by atoms with Crippen LogP contribution in [0.4, 0.5) is 5.82 Å². The number of thiophene rings is 1. The van der Waals surface area contributed by atoms with Gasteiger partial charge in [0.25, 0.3) is 0 Å². The van der Waals surface area contributed by atoms with Crippen LogP contribution in [0.1, 0.15) is 29.0 Å². The molecule has 110 valence electrons. The summed E-state index contributed by atoms with van der Waals surface area (Å²) in [4.78, 5) is 15.5. The Hall–Kier alpha value is -2.21. The van der Waals surface area contributed by atoms with Gasteiger partial charge in [0.2, 0.25) is 0 Å². The van der Waals surface area contributed by atoms with Gasteiger partial charge in [-0.25, -0.2) is 9.97 Å². The SMILES string of the molecule is c1ccc(CN=Nc2ncnc3sc4c(c23)CCCC4)nc1. The Morgan fingerprint density at radius 3 is 2.95 bits per heavy atom. The fraction of sp³-hybridized carbons (Fsp3) is 0.312. The van der Waals surface area contributed by atoms with Crippen molar-refractivity contribution in [3.05, 3.63) is 46.9 Å². The molecule has 0 saturated carbocycles. The zero-order valence-electron chi connectivity index (χ0n) is 12.1. The number of hydrogen-bond donors (Lipinski definition) is 0. The van der Waals surface area contributed by atoms with Crippen LogP contribution in [0.25, 0.3) is 10.2 Å². The van der Waals surface area contributed by atoms with Gasteiger partial charge in [0.15, 0.2) is 5.82 Å². The molecule has 0 fully saturated rings. The maximum atomic E-state index is 4.41. The third-order valence-corrected chi connectivity index (χ3v) is 5.06. The quantitative estimate of drug-likeness (QED) is 0.679. The molecule has 1 aliphatic carbocycles. The molecule has 5 nitrogen and oxygen atoms in total. The molecule has 0 aliphatic heterocycles. The van der Waals surface area contributed by atoms with Crippen molar-refractivity contribution in [2.75, 3.05) is 0 Å². The molecule has 0 saturated heterocycles. The highest BCUT2D eigenvalue weighted by molar-refractivity contribution is 7.18. The highest BCUT2D eigenvalue weighted by Crippen LogP contribution is 2.39. The van der Waals surface area contributed by atoms with Gasteiger partial charge in [-0.15, -0.1) is 16.5 Å². The number of fused-ring (bicyclic) bond motifs is 3. The van der Waals surface area contributed by atoms with Crippen molar-refractivity contribution in [2.45, 2.75) is 32.2 Å². The van der Waals surface area contributed by atoms with E-state index in [1.165, 1.54) is 23.3 Å². The minimum atomic E-state index is 0.471. The van der Waals surface area contributed by atoms with E-state index in [2.05, 4.69) is 25.2 Å². The predicted octanol–water partition coefficient (Wildman–Crippen LogP) is 4.25. The third kappa shape index (κ3) is 2.50. The van der Waals surface area contributed by atoms with Gasteiger partial charge in [0, 0.05) is 11.1 Å². The summed E-state index contributed by atoms with van der Waals surface area (Å²) in [5, 5.41) is 9.72. The molecule has 3 aromatic rings. The Bertz CT molecular complexity index is 825. The molecule has 0 radical (unpaired) electrons. The van der Waals surface area contributed by atoms with E-state index in [-0.39, 0.29) is 0 Å². The first-order valence-electron chi connectivity index (χ1n) is 7.44. The monoisotopic (exact) mass is 309 g/mol. The van der Waals surface area contributed by atoms with Gasteiger partial charge in [-0.1, -0.05) is 6.07 Å². The number of nitrogens with zero attached hydrogens (tertiary/aromatic N) is 5. The van der Waals surface area contributed by atoms with E-state index in [1.807, 2.05) is 18.2 Å². The molecular formula is C16H15N5S. The number of hydrogen-bond acceptors (Lipinski definition) is 6. The summed E-state index contributed by atoms with van der Waals surface area (Å²) >= 11 is 1.78. The van der Waals surface area contributed by atoms with Crippen molar-refractivity contribution in [1.82, 2.24) is 15.0 Å². The molecule has 3 heterocycles. The topological polar surface area (TPSA) is 63.4 Å². The minimum Gasteiger partial charge on any atom is -0.259 e. The fourth-order valence-corrected chi connectivity index (χ4v) is 4.04. The fourth-order valence-electron chi connectivity index (χ4n) is 2.82. The average Bonchev–Trinajstić information content (AvgIpc) is 2.95. The maximum absolute atomic E-state index is 4.41. The predicted molar refractivity (Wildman–Crippen MR) is 86.5 cm³/mol. The van der Waals surface area contributed by atoms with Crippen LogP contribution in [0.15, 0.2) is 41.0 Å². The lowest BCUT2D eigenvalue weighted by Crippen LogP contribution is -1.98. The minimum absolute atomic E-state index is 0.471. The van der Waals surface area contributed by atoms with Gasteiger partial charge in [0.1, 0.15) is 17.7 Å². The Morgan fingerprint density at radius 2 is 2.05 bits per heavy atom. The Labute approximate surface area is 132 Å². The van der Waals surface area contributed by atoms with E-state index in [0.717, 1.165) is 28.8 Å². The van der Waals surface area contributed by atoms with Crippen molar-refractivity contribution >= 4 is 27.4 Å². The molecule has 0 unspecified atom stereocenters. The van der Waals surface area contributed by atoms with E-state index in [1.54, 1.807) is 23.9 Å². The highest BCUT2D eigenvalue weighted by atomic mass is 32.1. The molecule has 22 heavy (non-hydrogen) atoms. The van der Waals surface area contributed by atoms with E-state index in [4.69, 9.17) is 0 Å². The first-order chi connectivity index (χ1) is 10.9. The van der Waals surface area contributed by atoms with Crippen LogP contribution >= 0.6 is 11.3 Å². The van der Waals surface area contributed by atoms with Crippen LogP contribution in [-0.2, 0) is 19.4 Å². The van der Waals surface area contributed by atoms with Crippen molar-refractivity contribution in [3.63, 3.8) is 0 Å². The first-order valence-corrected chi connectivity index (χ1v) is 8.26. The zero-order chi connectivity index (χ0) is 14.8. The van der Waals surface area contributed by atoms with E-state index in [0.29, 0.717) is 12.4 Å². The summed E-state index contributed by atoms with van der Waals surface area (Å²) in [6.07, 6.45) is 8.11. The second-order valence-electron chi connectivity index (χ2n) is 5.31. The number of aromatic nitrogens is 3. The standard InChI is InChI=1S/C16H15N5S/c1-2-7-13-12(6-1)14-15(18-10-19-16(14)22-13)21-20-9-11-5-3-4-8-17-11/h3-5,8,10H,1-2,6-7,9H2. The molecule has 6 heteroatoms. The van der Waals surface area contributed by atoms with Crippen LogP contribution in [-0.4, -0.2) is 15.0 Å². The Balaban J connectivity index is 1.68. The summed E-state index contributed by atoms with van der Waals surface area (Å²) < 4.78 is 0. The van der Waals surface area contributed by atoms with Gasteiger partial charge >= 0.3 is 0 Å². The average molecular weight is 309 g/mol. The lowest BCUT2D eigenvalue weighted by Gasteiger charge is -2.10. The van der Waals surface area contributed by atoms with Crippen molar-refractivity contribution in [2.24, 2.45) is 10.2 Å². The number of rotatable bonds is 3. The molecule has 0 spiro atoms. The summed E-state index contributed by atoms with van der Waals surface area (Å²) in [7, 11) is 0. The van der Waals surface area contributed by atoms with E-state index < -0.39 is 0 Å². The Morgan fingerprint density at radius 1 is 1.09 bits per heavy atom. The van der Waals surface area contributed by atoms with Crippen LogP contribution in [0.2, 0.25) is 0 Å². The highest BCUT2D eigenvalue weighted by Gasteiger charge is 2.19. The third-order valence-electron chi connectivity index (χ3n) is 3.86. The van der Waals surface area contributed by atoms with E-state index in [9.17, 15) is 0 Å². The van der Waals surface area contributed by atoms with Crippen molar-refractivity contribution in [3.8, 4) is 0 Å². The van der Waals surface area contributed by atoms with Gasteiger partial charge in [-0.05, 0) is 43.4 Å². The molecule has 3 aromatic heterocycles. The smallest absolute Gasteiger partial charge is 0.186 e. The summed E-state index contributed by atoms with van der Waals surface area (Å²) in [6.45, 7) is 0.471. The van der Waals surface area contributed by atoms with Crippen LogP contribution in [0.3, 0.4) is 0 Å². The van der Waals surface area contributed by atoms with Crippen LogP contribution in [0, 0.1) is 0 Å².